The maximum Gasteiger partial charge on any atom is 0.338 e. The van der Waals surface area contributed by atoms with Crippen molar-refractivity contribution in [2.24, 2.45) is 5.41 Å². The summed E-state index contributed by atoms with van der Waals surface area (Å²) in [4.78, 5) is 36.6. The molecule has 1 saturated carbocycles. The van der Waals surface area contributed by atoms with Crippen LogP contribution in [0.5, 0.6) is 0 Å². The Morgan fingerprint density at radius 2 is 2.09 bits per heavy atom. The normalized spacial score (nSPS) is 22.4. The summed E-state index contributed by atoms with van der Waals surface area (Å²) in [6.45, 7) is 3.12. The van der Waals surface area contributed by atoms with Crippen molar-refractivity contribution in [2.45, 2.75) is 64.0 Å². The van der Waals surface area contributed by atoms with Crippen molar-refractivity contribution < 1.29 is 18.7 Å². The number of thiophene rings is 1. The number of aromatic nitrogens is 3. The van der Waals surface area contributed by atoms with Crippen LogP contribution in [0.25, 0.3) is 21.3 Å². The van der Waals surface area contributed by atoms with Crippen molar-refractivity contribution in [1.82, 2.24) is 19.4 Å². The van der Waals surface area contributed by atoms with Gasteiger partial charge in [-0.05, 0) is 69.8 Å². The average Bonchev–Trinajstić information content (AvgIpc) is 3.29. The van der Waals surface area contributed by atoms with Crippen LogP contribution in [0.15, 0.2) is 40.6 Å². The van der Waals surface area contributed by atoms with Gasteiger partial charge in [-0.3, -0.25) is 19.2 Å². The van der Waals surface area contributed by atoms with Gasteiger partial charge in [-0.2, -0.15) is 0 Å². The predicted octanol–water partition coefficient (Wildman–Crippen LogP) is 6.21. The van der Waals surface area contributed by atoms with Crippen molar-refractivity contribution in [3.63, 3.8) is 0 Å². The number of pyridine rings is 1. The third-order valence-corrected chi connectivity index (χ3v) is 10.7. The van der Waals surface area contributed by atoms with E-state index in [1.54, 1.807) is 35.2 Å². The first-order valence-electron chi connectivity index (χ1n) is 14.7. The number of hydrogen-bond acceptors (Lipinski definition) is 6. The van der Waals surface area contributed by atoms with Crippen LogP contribution in [0.1, 0.15) is 58.7 Å². The van der Waals surface area contributed by atoms with Crippen molar-refractivity contribution in [2.75, 3.05) is 13.1 Å². The van der Waals surface area contributed by atoms with Gasteiger partial charge in [0.2, 0.25) is 0 Å². The topological polar surface area (TPSA) is 88.3 Å². The van der Waals surface area contributed by atoms with Gasteiger partial charge < -0.3 is 5.11 Å². The minimum Gasteiger partial charge on any atom is -0.478 e. The van der Waals surface area contributed by atoms with E-state index in [0.717, 1.165) is 40.9 Å². The third-order valence-electron chi connectivity index (χ3n) is 9.44. The monoisotopic (exact) mass is 634 g/mol. The highest BCUT2D eigenvalue weighted by molar-refractivity contribution is 7.18. The first-order chi connectivity index (χ1) is 21.1. The van der Waals surface area contributed by atoms with Gasteiger partial charge in [-0.25, -0.2) is 18.6 Å². The summed E-state index contributed by atoms with van der Waals surface area (Å²) in [7, 11) is 0. The number of rotatable bonds is 4. The van der Waals surface area contributed by atoms with E-state index in [1.807, 2.05) is 12.1 Å². The predicted molar refractivity (Wildman–Crippen MR) is 166 cm³/mol. The number of piperidine rings is 1. The molecular formula is C33H29ClF2N4O3S. The van der Waals surface area contributed by atoms with Crippen LogP contribution in [0.3, 0.4) is 0 Å². The third kappa shape index (κ3) is 4.91. The maximum absolute atomic E-state index is 14.2. The number of aryl methyl sites for hydroxylation is 2. The van der Waals surface area contributed by atoms with Crippen LogP contribution in [0.2, 0.25) is 5.02 Å². The fourth-order valence-corrected chi connectivity index (χ4v) is 8.17. The zero-order valence-electron chi connectivity index (χ0n) is 24.0. The Balaban J connectivity index is 1.16. The smallest absolute Gasteiger partial charge is 0.338 e. The number of alkyl halides is 2. The summed E-state index contributed by atoms with van der Waals surface area (Å²) in [5.74, 6) is 3.31. The van der Waals surface area contributed by atoms with Gasteiger partial charge in [-0.15, -0.1) is 11.3 Å². The lowest BCUT2D eigenvalue weighted by Gasteiger charge is -2.40. The molecule has 44 heavy (non-hydrogen) atoms. The van der Waals surface area contributed by atoms with Crippen LogP contribution in [0, 0.1) is 24.2 Å². The zero-order chi connectivity index (χ0) is 30.8. The van der Waals surface area contributed by atoms with Crippen molar-refractivity contribution >= 4 is 39.1 Å². The lowest BCUT2D eigenvalue weighted by molar-refractivity contribution is 0.0105. The molecule has 7 rings (SSSR count). The van der Waals surface area contributed by atoms with Crippen molar-refractivity contribution in [3.05, 3.63) is 79.4 Å². The molecule has 2 aliphatic carbocycles. The molecule has 4 heterocycles. The summed E-state index contributed by atoms with van der Waals surface area (Å²) < 4.78 is 30.6. The number of aromatic carboxylic acids is 1. The van der Waals surface area contributed by atoms with Crippen LogP contribution >= 0.6 is 22.9 Å². The van der Waals surface area contributed by atoms with Crippen molar-refractivity contribution in [3.8, 4) is 23.0 Å². The molecule has 1 spiro atoms. The Morgan fingerprint density at radius 1 is 1.27 bits per heavy atom. The number of carbonyl (C=O) groups is 1. The highest BCUT2D eigenvalue weighted by atomic mass is 35.5. The first kappa shape index (κ1) is 29.1. The van der Waals surface area contributed by atoms with E-state index in [1.165, 1.54) is 11.3 Å². The molecule has 3 aliphatic rings. The Morgan fingerprint density at radius 3 is 2.86 bits per heavy atom. The van der Waals surface area contributed by atoms with E-state index >= 15 is 0 Å². The molecule has 7 nitrogen and oxygen atoms in total. The minimum atomic E-state index is -2.57. The summed E-state index contributed by atoms with van der Waals surface area (Å²) in [6, 6.07) is 7.21. The lowest BCUT2D eigenvalue weighted by Crippen LogP contribution is -2.48. The molecule has 2 fully saturated rings. The maximum atomic E-state index is 14.2. The van der Waals surface area contributed by atoms with E-state index in [2.05, 4.69) is 21.7 Å². The molecular weight excluding hydrogens is 606 g/mol. The van der Waals surface area contributed by atoms with E-state index in [-0.39, 0.29) is 30.1 Å². The SMILES string of the molecule is Cc1nc2c(c(=O)n1CC#Cc1ccc(Cl)cc1-c1ccnc3c(C(=O)O)csc13)C[C@@H](N1CCC[C@]3(C1)CC3(F)F)CC2. The Hall–Kier alpha value is -3.65. The Bertz CT molecular complexity index is 1960. The van der Waals surface area contributed by atoms with Crippen LogP contribution in [-0.4, -0.2) is 55.6 Å². The van der Waals surface area contributed by atoms with E-state index < -0.39 is 17.3 Å². The Labute approximate surface area is 261 Å². The van der Waals surface area contributed by atoms with Gasteiger partial charge in [0.05, 0.1) is 33.4 Å². The van der Waals surface area contributed by atoms with Gasteiger partial charge in [0.1, 0.15) is 5.82 Å². The van der Waals surface area contributed by atoms with Crippen LogP contribution in [0.4, 0.5) is 8.78 Å². The van der Waals surface area contributed by atoms with Gasteiger partial charge >= 0.3 is 5.97 Å². The fourth-order valence-electron chi connectivity index (χ4n) is 6.97. The second-order valence-corrected chi connectivity index (χ2v) is 13.4. The van der Waals surface area contributed by atoms with E-state index in [0.29, 0.717) is 53.3 Å². The van der Waals surface area contributed by atoms with Gasteiger partial charge in [0.25, 0.3) is 11.5 Å². The summed E-state index contributed by atoms with van der Waals surface area (Å²) in [5, 5.41) is 11.6. The molecule has 1 saturated heterocycles. The number of fused-ring (bicyclic) bond motifs is 2. The molecule has 2 atom stereocenters. The number of halogens is 3. The summed E-state index contributed by atoms with van der Waals surface area (Å²) >= 11 is 7.67. The lowest BCUT2D eigenvalue weighted by atomic mass is 9.87. The quantitative estimate of drug-likeness (QED) is 0.269. The largest absolute Gasteiger partial charge is 0.478 e. The summed E-state index contributed by atoms with van der Waals surface area (Å²) in [5.41, 5.74) is 3.21. The minimum absolute atomic E-state index is 0.0237. The number of nitrogens with zero attached hydrogens (tertiary/aromatic N) is 4. The summed E-state index contributed by atoms with van der Waals surface area (Å²) in [6.07, 6.45) is 4.86. The van der Waals surface area contributed by atoms with E-state index in [9.17, 15) is 23.5 Å². The highest BCUT2D eigenvalue weighted by Gasteiger charge is 2.71. The number of likely N-dealkylation sites (tertiary alicyclic amines) is 1. The molecule has 1 aromatic carbocycles. The molecule has 226 valence electrons. The van der Waals surface area contributed by atoms with Crippen LogP contribution < -0.4 is 5.56 Å². The second-order valence-electron chi connectivity index (χ2n) is 12.1. The zero-order valence-corrected chi connectivity index (χ0v) is 25.6. The number of hydrogen-bond donors (Lipinski definition) is 1. The number of carboxylic acid groups (broad SMARTS) is 1. The molecule has 3 aromatic heterocycles. The molecule has 0 unspecified atom stereocenters. The fraction of sp³-hybridized carbons (Fsp3) is 0.394. The number of benzene rings is 1. The van der Waals surface area contributed by atoms with Gasteiger partial charge in [0.15, 0.2) is 0 Å². The first-order valence-corrected chi connectivity index (χ1v) is 15.9. The molecule has 1 aliphatic heterocycles. The Kier molecular flexibility index (Phi) is 7.11. The van der Waals surface area contributed by atoms with Crippen molar-refractivity contribution in [1.29, 1.82) is 0 Å². The molecule has 0 bridgehead atoms. The van der Waals surface area contributed by atoms with Gasteiger partial charge in [0, 0.05) is 57.9 Å². The molecule has 4 aromatic rings. The highest BCUT2D eigenvalue weighted by Crippen LogP contribution is 2.64. The molecule has 1 N–H and O–H groups in total. The van der Waals surface area contributed by atoms with E-state index in [4.69, 9.17) is 16.6 Å². The second kappa shape index (κ2) is 10.8. The van der Waals surface area contributed by atoms with Crippen LogP contribution in [-0.2, 0) is 19.4 Å². The number of carboxylic acids is 1. The standard InChI is InChI=1S/C33H29ClF2N4O3S/c1-19-38-27-8-7-22(39-12-3-10-32(18-39)17-33(32,35)36)15-25(27)30(41)40(19)13-2-4-20-5-6-21(34)14-24(20)23-9-11-37-28-26(31(42)43)16-44-29(23)28/h5-6,9,11,14,16,22H,3,7-8,10,12-13,15,17-18H2,1H3,(H,42,43)/t22-,32+/m0/s1. The molecule has 0 radical (unpaired) electrons. The van der Waals surface area contributed by atoms with Gasteiger partial charge in [-0.1, -0.05) is 23.4 Å². The average molecular weight is 635 g/mol. The molecule has 11 heteroatoms. The molecule has 0 amide bonds.